The van der Waals surface area contributed by atoms with Crippen LogP contribution in [-0.4, -0.2) is 4.57 Å². The molecule has 0 aliphatic carbocycles. The van der Waals surface area contributed by atoms with Gasteiger partial charge in [0.1, 0.15) is 0 Å². The van der Waals surface area contributed by atoms with E-state index in [-0.39, 0.29) is 0 Å². The van der Waals surface area contributed by atoms with Crippen LogP contribution in [0, 0.1) is 6.92 Å². The van der Waals surface area contributed by atoms with Gasteiger partial charge in [0.25, 0.3) is 0 Å². The van der Waals surface area contributed by atoms with E-state index in [4.69, 9.17) is 0 Å². The van der Waals surface area contributed by atoms with Gasteiger partial charge in [-0.05, 0) is 37.1 Å². The van der Waals surface area contributed by atoms with E-state index in [0.717, 1.165) is 29.3 Å². The highest BCUT2D eigenvalue weighted by Gasteiger charge is 2.31. The van der Waals surface area contributed by atoms with Crippen LogP contribution in [0.2, 0.25) is 0 Å². The molecule has 4 heteroatoms. The topological polar surface area (TPSA) is 4.93 Å². The van der Waals surface area contributed by atoms with Gasteiger partial charge >= 0.3 is 6.18 Å². The third-order valence-corrected chi connectivity index (χ3v) is 3.30. The monoisotopic (exact) mass is 241 g/mol. The van der Waals surface area contributed by atoms with Gasteiger partial charge < -0.3 is 4.57 Å². The summed E-state index contributed by atoms with van der Waals surface area (Å²) in [6.45, 7) is 3.90. The number of aromatic nitrogens is 1. The summed E-state index contributed by atoms with van der Waals surface area (Å²) in [6.07, 6.45) is -3.53. The second kappa shape index (κ2) is 3.79. The minimum Gasteiger partial charge on any atom is -0.348 e. The summed E-state index contributed by atoms with van der Waals surface area (Å²) in [6, 6.07) is 3.94. The van der Waals surface area contributed by atoms with Crippen LogP contribution in [0.4, 0.5) is 13.2 Å². The summed E-state index contributed by atoms with van der Waals surface area (Å²) in [5.74, 6) is 0. The van der Waals surface area contributed by atoms with Crippen molar-refractivity contribution in [3.05, 3.63) is 35.0 Å². The molecular weight excluding hydrogens is 227 g/mol. The van der Waals surface area contributed by atoms with Crippen LogP contribution < -0.4 is 0 Å². The maximum atomic E-state index is 12.7. The van der Waals surface area contributed by atoms with Gasteiger partial charge in [-0.25, -0.2) is 0 Å². The number of hydrogen-bond donors (Lipinski definition) is 0. The lowest BCUT2D eigenvalue weighted by Gasteiger charge is -2.07. The van der Waals surface area contributed by atoms with Crippen molar-refractivity contribution in [3.63, 3.8) is 0 Å². The van der Waals surface area contributed by atoms with Crippen LogP contribution in [0.25, 0.3) is 10.9 Å². The number of aryl methyl sites for hydroxylation is 2. The average molecular weight is 241 g/mol. The van der Waals surface area contributed by atoms with E-state index in [1.54, 1.807) is 6.07 Å². The van der Waals surface area contributed by atoms with Crippen molar-refractivity contribution in [2.45, 2.75) is 26.4 Å². The Hall–Kier alpha value is -1.45. The van der Waals surface area contributed by atoms with Crippen molar-refractivity contribution in [2.24, 2.45) is 7.05 Å². The molecule has 2 aromatic rings. The Kier molecular flexibility index (Phi) is 2.68. The average Bonchev–Trinajstić information content (AvgIpc) is 2.50. The highest BCUT2D eigenvalue weighted by atomic mass is 19.4. The van der Waals surface area contributed by atoms with E-state index in [0.29, 0.717) is 5.39 Å². The van der Waals surface area contributed by atoms with Crippen molar-refractivity contribution in [1.82, 2.24) is 4.57 Å². The van der Waals surface area contributed by atoms with E-state index in [2.05, 4.69) is 0 Å². The van der Waals surface area contributed by atoms with Crippen molar-refractivity contribution in [2.75, 3.05) is 0 Å². The molecule has 1 heterocycles. The molecule has 0 spiro atoms. The molecule has 0 saturated heterocycles. The molecule has 0 saturated carbocycles. The second-order valence-corrected chi connectivity index (χ2v) is 4.21. The van der Waals surface area contributed by atoms with Gasteiger partial charge in [0.15, 0.2) is 0 Å². The van der Waals surface area contributed by atoms with E-state index >= 15 is 0 Å². The first-order chi connectivity index (χ1) is 7.86. The van der Waals surface area contributed by atoms with Gasteiger partial charge in [0.2, 0.25) is 0 Å². The summed E-state index contributed by atoms with van der Waals surface area (Å²) in [4.78, 5) is 0. The van der Waals surface area contributed by atoms with Gasteiger partial charge in [-0.2, -0.15) is 13.2 Å². The van der Waals surface area contributed by atoms with Crippen LogP contribution >= 0.6 is 0 Å². The molecule has 0 bridgehead atoms. The Morgan fingerprint density at radius 3 is 2.41 bits per heavy atom. The van der Waals surface area contributed by atoms with E-state index in [9.17, 15) is 13.2 Å². The normalized spacial score (nSPS) is 12.4. The molecule has 92 valence electrons. The van der Waals surface area contributed by atoms with Crippen molar-refractivity contribution >= 4 is 10.9 Å². The third-order valence-electron chi connectivity index (χ3n) is 3.30. The molecule has 0 radical (unpaired) electrons. The first kappa shape index (κ1) is 12.0. The van der Waals surface area contributed by atoms with Crippen LogP contribution in [0.3, 0.4) is 0 Å². The summed E-state index contributed by atoms with van der Waals surface area (Å²) in [5.41, 5.74) is 2.30. The quantitative estimate of drug-likeness (QED) is 0.709. The highest BCUT2D eigenvalue weighted by molar-refractivity contribution is 5.86. The fraction of sp³-hybridized carbons (Fsp3) is 0.385. The number of nitrogens with zero attached hydrogens (tertiary/aromatic N) is 1. The highest BCUT2D eigenvalue weighted by Crippen LogP contribution is 2.34. The minimum atomic E-state index is -4.27. The zero-order valence-electron chi connectivity index (χ0n) is 10.0. The van der Waals surface area contributed by atoms with Gasteiger partial charge in [-0.3, -0.25) is 0 Å². The Morgan fingerprint density at radius 2 is 1.88 bits per heavy atom. The Balaban J connectivity index is 2.77. The maximum absolute atomic E-state index is 12.7. The summed E-state index contributed by atoms with van der Waals surface area (Å²) >= 11 is 0. The Labute approximate surface area is 97.9 Å². The Bertz CT molecular complexity index is 564. The molecule has 2 rings (SSSR count). The second-order valence-electron chi connectivity index (χ2n) is 4.21. The summed E-state index contributed by atoms with van der Waals surface area (Å²) < 4.78 is 39.9. The molecule has 0 atom stereocenters. The molecule has 1 aromatic carbocycles. The van der Waals surface area contributed by atoms with Crippen molar-refractivity contribution < 1.29 is 13.2 Å². The number of hydrogen-bond acceptors (Lipinski definition) is 0. The fourth-order valence-electron chi connectivity index (χ4n) is 2.27. The van der Waals surface area contributed by atoms with E-state index in [1.165, 1.54) is 6.07 Å². The molecule has 17 heavy (non-hydrogen) atoms. The van der Waals surface area contributed by atoms with E-state index in [1.807, 2.05) is 25.5 Å². The lowest BCUT2D eigenvalue weighted by molar-refractivity contribution is -0.137. The van der Waals surface area contributed by atoms with Gasteiger partial charge in [0, 0.05) is 23.6 Å². The summed E-state index contributed by atoms with van der Waals surface area (Å²) in [5, 5.41) is 0.710. The number of fused-ring (bicyclic) bond motifs is 1. The van der Waals surface area contributed by atoms with Crippen molar-refractivity contribution in [1.29, 1.82) is 0 Å². The lowest BCUT2D eigenvalue weighted by Crippen LogP contribution is -2.04. The largest absolute Gasteiger partial charge is 0.416 e. The number of rotatable bonds is 1. The molecule has 1 aromatic heterocycles. The zero-order chi connectivity index (χ0) is 12.8. The first-order valence-electron chi connectivity index (χ1n) is 5.51. The van der Waals surface area contributed by atoms with Crippen LogP contribution in [0.5, 0.6) is 0 Å². The molecule has 0 unspecified atom stereocenters. The van der Waals surface area contributed by atoms with Crippen LogP contribution in [0.15, 0.2) is 18.2 Å². The molecule has 1 nitrogen and oxygen atoms in total. The number of benzene rings is 1. The number of alkyl halides is 3. The molecular formula is C13H14F3N. The smallest absolute Gasteiger partial charge is 0.348 e. The van der Waals surface area contributed by atoms with Crippen molar-refractivity contribution in [3.8, 4) is 0 Å². The first-order valence-corrected chi connectivity index (χ1v) is 5.51. The molecule has 0 aliphatic heterocycles. The van der Waals surface area contributed by atoms with Gasteiger partial charge in [-0.15, -0.1) is 0 Å². The van der Waals surface area contributed by atoms with Gasteiger partial charge in [-0.1, -0.05) is 6.92 Å². The lowest BCUT2D eigenvalue weighted by atomic mass is 10.1. The predicted octanol–water partition coefficient (Wildman–Crippen LogP) is 4.07. The molecule has 0 amide bonds. The summed E-state index contributed by atoms with van der Waals surface area (Å²) in [7, 11) is 1.88. The SMILES string of the molecule is CCc1c(C)n(C)c2ccc(C(F)(F)F)cc12. The fourth-order valence-corrected chi connectivity index (χ4v) is 2.27. The minimum absolute atomic E-state index is 0.578. The third kappa shape index (κ3) is 1.81. The maximum Gasteiger partial charge on any atom is 0.416 e. The zero-order valence-corrected chi connectivity index (χ0v) is 10.0. The standard InChI is InChI=1S/C13H14F3N/c1-4-10-8(2)17(3)12-6-5-9(7-11(10)12)13(14,15)16/h5-7H,4H2,1-3H3. The molecule has 0 fully saturated rings. The van der Waals surface area contributed by atoms with Gasteiger partial charge in [0.05, 0.1) is 5.56 Å². The predicted molar refractivity (Wildman–Crippen MR) is 62.0 cm³/mol. The Morgan fingerprint density at radius 1 is 1.24 bits per heavy atom. The molecule has 0 N–H and O–H groups in total. The van der Waals surface area contributed by atoms with Crippen LogP contribution in [0.1, 0.15) is 23.7 Å². The number of halogens is 3. The van der Waals surface area contributed by atoms with E-state index < -0.39 is 11.7 Å². The molecule has 0 aliphatic rings. The van der Waals surface area contributed by atoms with Crippen LogP contribution in [-0.2, 0) is 19.6 Å².